The number of aliphatic imine (C=N–C) groups is 1. The summed E-state index contributed by atoms with van der Waals surface area (Å²) in [5.41, 5.74) is 10.6. The van der Waals surface area contributed by atoms with Gasteiger partial charge in [0.1, 0.15) is 5.75 Å². The molecule has 0 unspecified atom stereocenters. The second-order valence-electron chi connectivity index (χ2n) is 6.52. The maximum atomic E-state index is 12.3. The minimum Gasteiger partial charge on any atom is -0.406 e. The van der Waals surface area contributed by atoms with Crippen LogP contribution < -0.4 is 20.9 Å². The second-order valence-corrected chi connectivity index (χ2v) is 8.29. The van der Waals surface area contributed by atoms with Crippen LogP contribution in [-0.2, 0) is 10.0 Å². The average molecular weight is 481 g/mol. The molecule has 168 valence electrons. The summed E-state index contributed by atoms with van der Waals surface area (Å²) in [7, 11) is -3.80. The van der Waals surface area contributed by atoms with Gasteiger partial charge in [-0.15, -0.1) is 38.0 Å². The van der Waals surface area contributed by atoms with Gasteiger partial charge in [0.25, 0.3) is 0 Å². The molecule has 0 heterocycles. The number of nitrogens with one attached hydrogen (secondary N) is 1. The molecule has 1 saturated carbocycles. The molecule has 0 saturated heterocycles. The van der Waals surface area contributed by atoms with Gasteiger partial charge in [0.2, 0.25) is 10.0 Å². The topological polar surface area (TPSA) is 120 Å². The van der Waals surface area contributed by atoms with Crippen LogP contribution in [0.15, 0.2) is 34.2 Å². The van der Waals surface area contributed by atoms with Gasteiger partial charge in [0.05, 0.1) is 4.90 Å². The molecule has 7 nitrogen and oxygen atoms in total. The quantitative estimate of drug-likeness (QED) is 0.409. The smallest absolute Gasteiger partial charge is 0.406 e. The molecule has 1 fully saturated rings. The van der Waals surface area contributed by atoms with E-state index in [0.29, 0.717) is 12.5 Å². The Morgan fingerprint density at radius 3 is 2.07 bits per heavy atom. The first-order valence-corrected chi connectivity index (χ1v) is 9.94. The summed E-state index contributed by atoms with van der Waals surface area (Å²) in [6.45, 7) is 0.852. The number of hydrogen-bond acceptors (Lipinski definition) is 4. The maximum Gasteiger partial charge on any atom is 0.573 e. The number of alkyl halides is 3. The van der Waals surface area contributed by atoms with Crippen molar-refractivity contribution in [3.8, 4) is 5.75 Å². The maximum absolute atomic E-state index is 12.3. The fourth-order valence-corrected chi connectivity index (χ4v) is 4.10. The molecule has 2 rings (SSSR count). The van der Waals surface area contributed by atoms with Gasteiger partial charge in [-0.3, -0.25) is 4.99 Å². The molecule has 0 aromatic heterocycles. The van der Waals surface area contributed by atoms with Crippen LogP contribution in [0.25, 0.3) is 0 Å². The number of rotatable bonds is 7. The number of sulfonamides is 1. The van der Waals surface area contributed by atoms with E-state index < -0.39 is 22.1 Å². The SMILES string of the molecule is Cl.Cl.NC(N)=NCC1CCC(CNS(=O)(=O)c2ccc(OC(F)(F)F)cc2)CC1. The predicted octanol–water partition coefficient (Wildman–Crippen LogP) is 2.79. The summed E-state index contributed by atoms with van der Waals surface area (Å²) in [5, 5.41) is 0. The molecule has 0 radical (unpaired) electrons. The molecule has 0 amide bonds. The van der Waals surface area contributed by atoms with E-state index >= 15 is 0 Å². The molecular formula is C16H25Cl2F3N4O3S. The van der Waals surface area contributed by atoms with Crippen molar-refractivity contribution in [3.05, 3.63) is 24.3 Å². The summed E-state index contributed by atoms with van der Waals surface area (Å²) in [4.78, 5) is 3.89. The largest absolute Gasteiger partial charge is 0.573 e. The third-order valence-electron chi connectivity index (χ3n) is 4.43. The van der Waals surface area contributed by atoms with Crippen LogP contribution in [0, 0.1) is 11.8 Å². The van der Waals surface area contributed by atoms with E-state index in [1.54, 1.807) is 0 Å². The zero-order valence-corrected chi connectivity index (χ0v) is 17.8. The van der Waals surface area contributed by atoms with Gasteiger partial charge in [-0.1, -0.05) is 0 Å². The van der Waals surface area contributed by atoms with E-state index in [9.17, 15) is 21.6 Å². The van der Waals surface area contributed by atoms with Crippen molar-refractivity contribution in [2.24, 2.45) is 28.3 Å². The highest BCUT2D eigenvalue weighted by atomic mass is 35.5. The van der Waals surface area contributed by atoms with Crippen molar-refractivity contribution in [2.75, 3.05) is 13.1 Å². The van der Waals surface area contributed by atoms with E-state index in [4.69, 9.17) is 11.5 Å². The summed E-state index contributed by atoms with van der Waals surface area (Å²) >= 11 is 0. The lowest BCUT2D eigenvalue weighted by Crippen LogP contribution is -2.32. The first kappa shape index (κ1) is 27.6. The van der Waals surface area contributed by atoms with Crippen molar-refractivity contribution < 1.29 is 26.3 Å². The third-order valence-corrected chi connectivity index (χ3v) is 5.87. The van der Waals surface area contributed by atoms with E-state index in [2.05, 4.69) is 14.5 Å². The fraction of sp³-hybridized carbons (Fsp3) is 0.562. The monoisotopic (exact) mass is 480 g/mol. The van der Waals surface area contributed by atoms with Gasteiger partial charge >= 0.3 is 6.36 Å². The van der Waals surface area contributed by atoms with Gasteiger partial charge in [-0.25, -0.2) is 13.1 Å². The molecule has 0 spiro atoms. The van der Waals surface area contributed by atoms with E-state index in [0.717, 1.165) is 49.9 Å². The van der Waals surface area contributed by atoms with Crippen molar-refractivity contribution in [1.82, 2.24) is 4.72 Å². The molecule has 1 aromatic carbocycles. The van der Waals surface area contributed by atoms with Crippen molar-refractivity contribution in [2.45, 2.75) is 36.9 Å². The first-order valence-electron chi connectivity index (χ1n) is 8.46. The first-order chi connectivity index (χ1) is 12.5. The van der Waals surface area contributed by atoms with Crippen LogP contribution in [0.2, 0.25) is 0 Å². The highest BCUT2D eigenvalue weighted by molar-refractivity contribution is 7.89. The lowest BCUT2D eigenvalue weighted by molar-refractivity contribution is -0.274. The van der Waals surface area contributed by atoms with Crippen LogP contribution in [0.3, 0.4) is 0 Å². The van der Waals surface area contributed by atoms with Crippen molar-refractivity contribution >= 4 is 40.8 Å². The van der Waals surface area contributed by atoms with Gasteiger partial charge in [-0.05, 0) is 61.8 Å². The van der Waals surface area contributed by atoms with Crippen LogP contribution in [0.1, 0.15) is 25.7 Å². The molecule has 1 aliphatic carbocycles. The predicted molar refractivity (Wildman–Crippen MR) is 109 cm³/mol. The Hall–Kier alpha value is -1.43. The Bertz CT molecular complexity index is 750. The van der Waals surface area contributed by atoms with Gasteiger partial charge < -0.3 is 16.2 Å². The minimum absolute atomic E-state index is 0. The third kappa shape index (κ3) is 9.75. The zero-order valence-electron chi connectivity index (χ0n) is 15.4. The van der Waals surface area contributed by atoms with Crippen LogP contribution in [0.4, 0.5) is 13.2 Å². The molecule has 0 atom stereocenters. The van der Waals surface area contributed by atoms with Crippen molar-refractivity contribution in [1.29, 1.82) is 0 Å². The normalized spacial score (nSPS) is 19.4. The summed E-state index contributed by atoms with van der Waals surface area (Å²) in [5.74, 6) is 0.182. The number of benzene rings is 1. The Morgan fingerprint density at radius 2 is 1.59 bits per heavy atom. The highest BCUT2D eigenvalue weighted by Crippen LogP contribution is 2.29. The molecule has 1 aromatic rings. The number of nitrogens with zero attached hydrogens (tertiary/aromatic N) is 1. The van der Waals surface area contributed by atoms with Crippen LogP contribution in [-0.4, -0.2) is 33.8 Å². The second kappa shape index (κ2) is 11.7. The zero-order chi connectivity index (χ0) is 20.1. The van der Waals surface area contributed by atoms with Crippen LogP contribution >= 0.6 is 24.8 Å². The molecular weight excluding hydrogens is 456 g/mol. The van der Waals surface area contributed by atoms with E-state index in [1.165, 1.54) is 0 Å². The molecule has 0 bridgehead atoms. The summed E-state index contributed by atoms with van der Waals surface area (Å²) in [6, 6.07) is 4.10. The van der Waals surface area contributed by atoms with E-state index in [1.807, 2.05) is 0 Å². The standard InChI is InChI=1S/C16H23F3N4O3S.2ClH/c17-16(18,19)26-13-5-7-14(8-6-13)27(24,25)23-10-12-3-1-11(2-4-12)9-22-15(20)21;;/h5-8,11-12,23H,1-4,9-10H2,(H4,20,21,22);2*1H. The molecule has 29 heavy (non-hydrogen) atoms. The van der Waals surface area contributed by atoms with E-state index in [-0.39, 0.29) is 48.1 Å². The van der Waals surface area contributed by atoms with Gasteiger partial charge in [0.15, 0.2) is 5.96 Å². The minimum atomic E-state index is -4.82. The Kier molecular flexibility index (Phi) is 11.1. The fourth-order valence-electron chi connectivity index (χ4n) is 2.98. The van der Waals surface area contributed by atoms with Crippen LogP contribution in [0.5, 0.6) is 5.75 Å². The Morgan fingerprint density at radius 1 is 1.07 bits per heavy atom. The highest BCUT2D eigenvalue weighted by Gasteiger charge is 2.31. The molecule has 0 aliphatic heterocycles. The average Bonchev–Trinajstić information content (AvgIpc) is 2.58. The molecule has 13 heteroatoms. The Labute approximate surface area is 180 Å². The molecule has 1 aliphatic rings. The number of nitrogens with two attached hydrogens (primary N) is 2. The number of halogens is 5. The summed E-state index contributed by atoms with van der Waals surface area (Å²) < 4.78 is 67.3. The van der Waals surface area contributed by atoms with Gasteiger partial charge in [-0.2, -0.15) is 0 Å². The number of guanidine groups is 1. The van der Waals surface area contributed by atoms with Gasteiger partial charge in [0, 0.05) is 13.1 Å². The summed E-state index contributed by atoms with van der Waals surface area (Å²) in [6.07, 6.45) is -1.30. The van der Waals surface area contributed by atoms with Crippen molar-refractivity contribution in [3.63, 3.8) is 0 Å². The number of ether oxygens (including phenoxy) is 1. The Balaban J connectivity index is 0.00000392. The lowest BCUT2D eigenvalue weighted by Gasteiger charge is -2.27. The lowest BCUT2D eigenvalue weighted by atomic mass is 9.82. The molecule has 5 N–H and O–H groups in total. The number of hydrogen-bond donors (Lipinski definition) is 3.